The van der Waals surface area contributed by atoms with Gasteiger partial charge in [0, 0.05) is 12.8 Å². The minimum atomic E-state index is -0.174. The van der Waals surface area contributed by atoms with Gasteiger partial charge in [-0.05, 0) is 12.8 Å². The summed E-state index contributed by atoms with van der Waals surface area (Å²) in [6.45, 7) is 2.03. The van der Waals surface area contributed by atoms with Crippen LogP contribution in [-0.2, 0) is 9.53 Å². The van der Waals surface area contributed by atoms with Crippen LogP contribution < -0.4 is 0 Å². The number of rotatable bonds is 9. The van der Waals surface area contributed by atoms with Crippen molar-refractivity contribution in [1.29, 1.82) is 0 Å². The van der Waals surface area contributed by atoms with Crippen molar-refractivity contribution in [3.63, 3.8) is 0 Å². The summed E-state index contributed by atoms with van der Waals surface area (Å²) in [5.74, 6) is 0.610. The minimum absolute atomic E-state index is 0.174. The summed E-state index contributed by atoms with van der Waals surface area (Å²) in [5.41, 5.74) is 0. The van der Waals surface area contributed by atoms with E-state index in [4.69, 9.17) is 16.3 Å². The number of carbonyl (C=O) groups is 1. The number of halogens is 1. The van der Waals surface area contributed by atoms with Crippen molar-refractivity contribution in [3.05, 3.63) is 0 Å². The molecule has 2 nitrogen and oxygen atoms in total. The molecule has 0 amide bonds. The Morgan fingerprint density at radius 3 is 2.00 bits per heavy atom. The average molecular weight is 221 g/mol. The first-order chi connectivity index (χ1) is 6.77. The predicted molar refractivity (Wildman–Crippen MR) is 59.7 cm³/mol. The van der Waals surface area contributed by atoms with E-state index in [0.29, 0.717) is 6.61 Å². The number of hydrogen-bond acceptors (Lipinski definition) is 2. The summed E-state index contributed by atoms with van der Waals surface area (Å²) >= 11 is 5.56. The van der Waals surface area contributed by atoms with Gasteiger partial charge in [0.2, 0.25) is 0 Å². The van der Waals surface area contributed by atoms with Gasteiger partial charge in [-0.25, -0.2) is 0 Å². The fraction of sp³-hybridized carbons (Fsp3) is 0.909. The van der Waals surface area contributed by atoms with Gasteiger partial charge in [-0.2, -0.15) is 0 Å². The first-order valence-electron chi connectivity index (χ1n) is 5.46. The third-order valence-corrected chi connectivity index (χ3v) is 2.35. The van der Waals surface area contributed by atoms with Crippen molar-refractivity contribution in [2.75, 3.05) is 12.5 Å². The topological polar surface area (TPSA) is 26.3 Å². The lowest BCUT2D eigenvalue weighted by atomic mass is 10.1. The van der Waals surface area contributed by atoms with E-state index >= 15 is 0 Å². The van der Waals surface area contributed by atoms with E-state index in [1.54, 1.807) is 0 Å². The van der Waals surface area contributed by atoms with Gasteiger partial charge >= 0.3 is 5.97 Å². The molecule has 0 fully saturated rings. The molecule has 0 N–H and O–H groups in total. The molecule has 0 saturated heterocycles. The molecule has 3 heteroatoms. The van der Waals surface area contributed by atoms with Crippen LogP contribution in [0, 0.1) is 0 Å². The van der Waals surface area contributed by atoms with Crippen LogP contribution in [0.15, 0.2) is 0 Å². The van der Waals surface area contributed by atoms with Crippen molar-refractivity contribution >= 4 is 17.6 Å². The van der Waals surface area contributed by atoms with Gasteiger partial charge in [0.25, 0.3) is 0 Å². The van der Waals surface area contributed by atoms with Crippen LogP contribution in [0.2, 0.25) is 0 Å². The lowest BCUT2D eigenvalue weighted by Gasteiger charge is -2.02. The van der Waals surface area contributed by atoms with Gasteiger partial charge in [0.15, 0.2) is 0 Å². The molecule has 0 aromatic carbocycles. The van der Waals surface area contributed by atoms with E-state index in [1.807, 2.05) is 0 Å². The van der Waals surface area contributed by atoms with Crippen molar-refractivity contribution in [2.24, 2.45) is 0 Å². The standard InChI is InChI=1S/C11H21ClO2/c1-11(13)14-10-8-6-4-2-3-5-7-9-12/h2-10H2,1H3. The van der Waals surface area contributed by atoms with E-state index in [0.717, 1.165) is 25.1 Å². The number of hydrogen-bond donors (Lipinski definition) is 0. The van der Waals surface area contributed by atoms with Crippen LogP contribution in [0.25, 0.3) is 0 Å². The van der Waals surface area contributed by atoms with Gasteiger partial charge in [-0.1, -0.05) is 32.1 Å². The second-order valence-corrected chi connectivity index (χ2v) is 3.88. The van der Waals surface area contributed by atoms with E-state index in [2.05, 4.69) is 0 Å². The molecule has 0 aromatic rings. The molecule has 0 saturated carbocycles. The molecule has 0 rings (SSSR count). The molecule has 0 radical (unpaired) electrons. The quantitative estimate of drug-likeness (QED) is 0.338. The summed E-state index contributed by atoms with van der Waals surface area (Å²) < 4.78 is 4.83. The predicted octanol–water partition coefficient (Wildman–Crippen LogP) is 3.52. The largest absolute Gasteiger partial charge is 0.466 e. The van der Waals surface area contributed by atoms with Gasteiger partial charge in [0.1, 0.15) is 0 Å². The zero-order chi connectivity index (χ0) is 10.6. The third-order valence-electron chi connectivity index (χ3n) is 2.08. The number of alkyl halides is 1. The number of carbonyl (C=O) groups excluding carboxylic acids is 1. The van der Waals surface area contributed by atoms with Crippen molar-refractivity contribution in [2.45, 2.75) is 51.9 Å². The zero-order valence-corrected chi connectivity index (χ0v) is 9.81. The third kappa shape index (κ3) is 11.8. The van der Waals surface area contributed by atoms with Crippen LogP contribution in [0.4, 0.5) is 0 Å². The van der Waals surface area contributed by atoms with Crippen molar-refractivity contribution in [1.82, 2.24) is 0 Å². The maximum atomic E-state index is 10.4. The SMILES string of the molecule is CC(=O)OCCCCCCCCCCl. The highest BCUT2D eigenvalue weighted by atomic mass is 35.5. The highest BCUT2D eigenvalue weighted by molar-refractivity contribution is 6.17. The Balaban J connectivity index is 2.88. The van der Waals surface area contributed by atoms with Crippen molar-refractivity contribution < 1.29 is 9.53 Å². The number of unbranched alkanes of at least 4 members (excludes halogenated alkanes) is 6. The van der Waals surface area contributed by atoms with Gasteiger partial charge < -0.3 is 4.74 Å². The molecule has 0 aromatic heterocycles. The Morgan fingerprint density at radius 2 is 1.50 bits per heavy atom. The molecule has 84 valence electrons. The van der Waals surface area contributed by atoms with E-state index in [9.17, 15) is 4.79 Å². The average Bonchev–Trinajstić information content (AvgIpc) is 2.15. The summed E-state index contributed by atoms with van der Waals surface area (Å²) in [6, 6.07) is 0. The van der Waals surface area contributed by atoms with Crippen LogP contribution in [0.3, 0.4) is 0 Å². The Kier molecular flexibility index (Phi) is 10.7. The van der Waals surface area contributed by atoms with E-state index in [1.165, 1.54) is 32.6 Å². The highest BCUT2D eigenvalue weighted by Gasteiger charge is 1.93. The molecular formula is C11H21ClO2. The first kappa shape index (κ1) is 13.8. The molecule has 0 bridgehead atoms. The number of esters is 1. The Bertz CT molecular complexity index is 137. The zero-order valence-electron chi connectivity index (χ0n) is 9.06. The molecule has 0 spiro atoms. The second kappa shape index (κ2) is 10.8. The smallest absolute Gasteiger partial charge is 0.302 e. The van der Waals surface area contributed by atoms with Crippen LogP contribution >= 0.6 is 11.6 Å². The molecule has 0 heterocycles. The molecule has 0 aliphatic carbocycles. The molecule has 0 aliphatic heterocycles. The summed E-state index contributed by atoms with van der Waals surface area (Å²) in [5, 5.41) is 0. The fourth-order valence-electron chi connectivity index (χ4n) is 1.30. The fourth-order valence-corrected chi connectivity index (χ4v) is 1.49. The van der Waals surface area contributed by atoms with E-state index < -0.39 is 0 Å². The summed E-state index contributed by atoms with van der Waals surface area (Å²) in [7, 11) is 0. The van der Waals surface area contributed by atoms with Gasteiger partial charge in [0.05, 0.1) is 6.61 Å². The van der Waals surface area contributed by atoms with Gasteiger partial charge in [-0.3, -0.25) is 4.79 Å². The minimum Gasteiger partial charge on any atom is -0.466 e. The Hall–Kier alpha value is -0.240. The lowest BCUT2D eigenvalue weighted by molar-refractivity contribution is -0.141. The Labute approximate surface area is 92.0 Å². The van der Waals surface area contributed by atoms with Crippen molar-refractivity contribution in [3.8, 4) is 0 Å². The Morgan fingerprint density at radius 1 is 1.00 bits per heavy atom. The van der Waals surface area contributed by atoms with Crippen LogP contribution in [0.1, 0.15) is 51.9 Å². The summed E-state index contributed by atoms with van der Waals surface area (Å²) in [4.78, 5) is 10.4. The monoisotopic (exact) mass is 220 g/mol. The molecule has 0 atom stereocenters. The second-order valence-electron chi connectivity index (χ2n) is 3.50. The molecular weight excluding hydrogens is 200 g/mol. The highest BCUT2D eigenvalue weighted by Crippen LogP contribution is 2.07. The first-order valence-corrected chi connectivity index (χ1v) is 6.00. The normalized spacial score (nSPS) is 10.1. The maximum Gasteiger partial charge on any atom is 0.302 e. The maximum absolute atomic E-state index is 10.4. The van der Waals surface area contributed by atoms with Gasteiger partial charge in [-0.15, -0.1) is 11.6 Å². The summed E-state index contributed by atoms with van der Waals surface area (Å²) in [6.07, 6.45) is 8.33. The van der Waals surface area contributed by atoms with E-state index in [-0.39, 0.29) is 5.97 Å². The number of ether oxygens (including phenoxy) is 1. The lowest BCUT2D eigenvalue weighted by Crippen LogP contribution is -2.00. The molecule has 0 aliphatic rings. The molecule has 0 unspecified atom stereocenters. The molecule has 14 heavy (non-hydrogen) atoms. The van der Waals surface area contributed by atoms with Crippen LogP contribution in [-0.4, -0.2) is 18.5 Å². The van der Waals surface area contributed by atoms with Crippen LogP contribution in [0.5, 0.6) is 0 Å².